The number of likely N-dealkylation sites (N-methyl/N-ethyl adjacent to an activating group) is 1. The number of benzene rings is 1. The number of carbonyl (C=O) groups is 1. The van der Waals surface area contributed by atoms with Gasteiger partial charge in [-0.2, -0.15) is 0 Å². The summed E-state index contributed by atoms with van der Waals surface area (Å²) >= 11 is 3.86. The van der Waals surface area contributed by atoms with E-state index < -0.39 is 0 Å². The highest BCUT2D eigenvalue weighted by Gasteiger charge is 2.76. The van der Waals surface area contributed by atoms with Crippen LogP contribution in [-0.4, -0.2) is 43.5 Å². The smallest absolute Gasteiger partial charge is 0.174 e. The molecule has 0 saturated heterocycles. The van der Waals surface area contributed by atoms with Gasteiger partial charge in [0.2, 0.25) is 0 Å². The minimum absolute atomic E-state index is 0.0517. The van der Waals surface area contributed by atoms with Crippen molar-refractivity contribution in [1.29, 1.82) is 0 Å². The van der Waals surface area contributed by atoms with Gasteiger partial charge in [0.25, 0.3) is 0 Å². The van der Waals surface area contributed by atoms with Crippen LogP contribution in [0.4, 0.5) is 0 Å². The molecule has 1 aliphatic heterocycles. The van der Waals surface area contributed by atoms with Crippen LogP contribution in [0.3, 0.4) is 0 Å². The highest BCUT2D eigenvalue weighted by molar-refractivity contribution is 9.10. The number of Topliss-reactive ketones (excluding diaryl/α,β-unsaturated/α-hetero) is 1. The molecule has 5 atom stereocenters. The van der Waals surface area contributed by atoms with Crippen molar-refractivity contribution in [2.24, 2.45) is 11.8 Å². The lowest BCUT2D eigenvalue weighted by molar-refractivity contribution is -0.132. The molecule has 1 spiro atoms. The number of methoxy groups -OCH3 is 1. The standard InChI is InChI=1S/C22H26BrNO3/c1-21-10-22-12(19(21)24(2)9-11-4-5-11)6-7-14(25)20(22)27-18-15(26-3)8-13(23)16(21)17(18)22/h8,11-12,19-20H,4-7,9-10H2,1-3H3/t12?,19?,20-,21?,22-/m1/s1. The maximum atomic E-state index is 13.0. The number of ether oxygens (including phenoxy) is 2. The van der Waals surface area contributed by atoms with Gasteiger partial charge in [0.15, 0.2) is 23.4 Å². The third-order valence-electron chi connectivity index (χ3n) is 8.23. The summed E-state index contributed by atoms with van der Waals surface area (Å²) in [5.74, 6) is 3.23. The molecule has 0 N–H and O–H groups in total. The van der Waals surface area contributed by atoms with Crippen LogP contribution in [-0.2, 0) is 15.6 Å². The monoisotopic (exact) mass is 431 g/mol. The molecular weight excluding hydrogens is 406 g/mol. The molecule has 0 aromatic heterocycles. The molecule has 0 radical (unpaired) electrons. The lowest BCUT2D eigenvalue weighted by Crippen LogP contribution is -2.57. The molecule has 0 amide bonds. The van der Waals surface area contributed by atoms with Crippen LogP contribution in [0, 0.1) is 11.8 Å². The van der Waals surface area contributed by atoms with Crippen LogP contribution in [0.5, 0.6) is 11.5 Å². The Hall–Kier alpha value is -1.07. The number of hydrogen-bond donors (Lipinski definition) is 0. The zero-order valence-electron chi connectivity index (χ0n) is 16.2. The van der Waals surface area contributed by atoms with Gasteiger partial charge in [0, 0.05) is 39.9 Å². The summed E-state index contributed by atoms with van der Waals surface area (Å²) < 4.78 is 13.1. The zero-order chi connectivity index (χ0) is 18.7. The highest BCUT2D eigenvalue weighted by Crippen LogP contribution is 2.74. The fourth-order valence-electron chi connectivity index (χ4n) is 7.41. The van der Waals surface area contributed by atoms with E-state index in [2.05, 4.69) is 34.8 Å². The van der Waals surface area contributed by atoms with E-state index in [1.54, 1.807) is 7.11 Å². The van der Waals surface area contributed by atoms with E-state index in [1.807, 2.05) is 6.07 Å². The minimum atomic E-state index is -0.325. The Morgan fingerprint density at radius 1 is 1.33 bits per heavy atom. The summed E-state index contributed by atoms with van der Waals surface area (Å²) in [4.78, 5) is 15.6. The van der Waals surface area contributed by atoms with Crippen LogP contribution in [0.25, 0.3) is 0 Å². The Labute approximate surface area is 168 Å². The normalized spacial score (nSPS) is 40.5. The van der Waals surface area contributed by atoms with Gasteiger partial charge in [-0.05, 0) is 56.2 Å². The second kappa shape index (κ2) is 5.10. The van der Waals surface area contributed by atoms with Crippen molar-refractivity contribution in [2.75, 3.05) is 20.7 Å². The van der Waals surface area contributed by atoms with Crippen molar-refractivity contribution in [2.45, 2.75) is 62.0 Å². The van der Waals surface area contributed by atoms with Crippen LogP contribution in [0.15, 0.2) is 10.5 Å². The number of ketones is 1. The first-order chi connectivity index (χ1) is 12.9. The summed E-state index contributed by atoms with van der Waals surface area (Å²) in [5, 5.41) is 0. The molecular formula is C22H26BrNO3. The number of fused-ring (bicyclic) bond motifs is 2. The Morgan fingerprint density at radius 2 is 2.11 bits per heavy atom. The van der Waals surface area contributed by atoms with Gasteiger partial charge < -0.3 is 14.4 Å². The molecule has 144 valence electrons. The topological polar surface area (TPSA) is 38.8 Å². The lowest BCUT2D eigenvalue weighted by Gasteiger charge is -2.48. The van der Waals surface area contributed by atoms with Crippen molar-refractivity contribution >= 4 is 21.7 Å². The molecule has 6 rings (SSSR count). The van der Waals surface area contributed by atoms with Crippen molar-refractivity contribution in [1.82, 2.24) is 4.90 Å². The quantitative estimate of drug-likeness (QED) is 0.725. The first kappa shape index (κ1) is 16.8. The van der Waals surface area contributed by atoms with Gasteiger partial charge in [-0.3, -0.25) is 4.79 Å². The van der Waals surface area contributed by atoms with Gasteiger partial charge >= 0.3 is 0 Å². The highest BCUT2D eigenvalue weighted by atomic mass is 79.9. The van der Waals surface area contributed by atoms with Crippen LogP contribution >= 0.6 is 15.9 Å². The Kier molecular flexibility index (Phi) is 3.18. The SMILES string of the molecule is COc1cc(Br)c2c3c1O[C@@H]1C(=O)CCC4C(N(C)CC5CC5)C2(C)C[C@]341. The third-order valence-corrected chi connectivity index (χ3v) is 8.85. The molecule has 4 nitrogen and oxygen atoms in total. The zero-order valence-corrected chi connectivity index (χ0v) is 17.8. The number of rotatable bonds is 4. The maximum Gasteiger partial charge on any atom is 0.174 e. The molecule has 4 aliphatic carbocycles. The molecule has 27 heavy (non-hydrogen) atoms. The second-order valence-electron chi connectivity index (χ2n) is 9.71. The fourth-order valence-corrected chi connectivity index (χ4v) is 8.27. The Balaban J connectivity index is 1.59. The van der Waals surface area contributed by atoms with Crippen molar-refractivity contribution in [3.8, 4) is 11.5 Å². The van der Waals surface area contributed by atoms with E-state index in [0.29, 0.717) is 18.4 Å². The van der Waals surface area contributed by atoms with Crippen LogP contribution in [0.1, 0.15) is 50.2 Å². The minimum Gasteiger partial charge on any atom is -0.493 e. The van der Waals surface area contributed by atoms with Gasteiger partial charge in [-0.25, -0.2) is 0 Å². The number of hydrogen-bond acceptors (Lipinski definition) is 4. The number of nitrogens with zero attached hydrogens (tertiary/aromatic N) is 1. The average molecular weight is 432 g/mol. The Bertz CT molecular complexity index is 881. The molecule has 5 heteroatoms. The first-order valence-corrected chi connectivity index (χ1v) is 11.0. The van der Waals surface area contributed by atoms with Gasteiger partial charge in [0.05, 0.1) is 7.11 Å². The summed E-state index contributed by atoms with van der Waals surface area (Å²) in [6, 6.07) is 2.52. The molecule has 5 aliphatic rings. The van der Waals surface area contributed by atoms with E-state index >= 15 is 0 Å². The van der Waals surface area contributed by atoms with E-state index in [1.165, 1.54) is 30.5 Å². The molecule has 3 saturated carbocycles. The number of carbonyl (C=O) groups excluding carboxylic acids is 1. The van der Waals surface area contributed by atoms with E-state index in [4.69, 9.17) is 9.47 Å². The predicted octanol–water partition coefficient (Wildman–Crippen LogP) is 3.82. The molecule has 2 bridgehead atoms. The first-order valence-electron chi connectivity index (χ1n) is 10.2. The molecule has 3 unspecified atom stereocenters. The summed E-state index contributed by atoms with van der Waals surface area (Å²) in [6.07, 6.45) is 5.07. The van der Waals surface area contributed by atoms with Crippen molar-refractivity contribution in [3.05, 3.63) is 21.7 Å². The van der Waals surface area contributed by atoms with E-state index in [-0.39, 0.29) is 22.7 Å². The van der Waals surface area contributed by atoms with Gasteiger partial charge in [-0.1, -0.05) is 22.9 Å². The third kappa shape index (κ3) is 1.82. The largest absolute Gasteiger partial charge is 0.493 e. The molecule has 1 heterocycles. The molecule has 3 fully saturated rings. The van der Waals surface area contributed by atoms with Gasteiger partial charge in [0.1, 0.15) is 0 Å². The molecule has 1 aromatic rings. The fraction of sp³-hybridized carbons (Fsp3) is 0.682. The lowest BCUT2D eigenvalue weighted by atomic mass is 9.60. The van der Waals surface area contributed by atoms with Crippen LogP contribution in [0.2, 0.25) is 0 Å². The predicted molar refractivity (Wildman–Crippen MR) is 106 cm³/mol. The second-order valence-corrected chi connectivity index (χ2v) is 10.6. The van der Waals surface area contributed by atoms with E-state index in [9.17, 15) is 4.79 Å². The summed E-state index contributed by atoms with van der Waals surface area (Å²) in [7, 11) is 4.00. The average Bonchev–Trinajstić information content (AvgIpc) is 3.22. The number of halogens is 1. The van der Waals surface area contributed by atoms with Crippen molar-refractivity contribution < 1.29 is 14.3 Å². The van der Waals surface area contributed by atoms with E-state index in [0.717, 1.165) is 34.7 Å². The summed E-state index contributed by atoms with van der Waals surface area (Å²) in [5.41, 5.74) is 2.56. The van der Waals surface area contributed by atoms with Crippen molar-refractivity contribution in [3.63, 3.8) is 0 Å². The maximum absolute atomic E-state index is 13.0. The Morgan fingerprint density at radius 3 is 2.81 bits per heavy atom. The molecule has 1 aromatic carbocycles. The van der Waals surface area contributed by atoms with Gasteiger partial charge in [-0.15, -0.1) is 0 Å². The van der Waals surface area contributed by atoms with Crippen LogP contribution < -0.4 is 9.47 Å². The summed E-state index contributed by atoms with van der Waals surface area (Å²) in [6.45, 7) is 3.61.